The topological polar surface area (TPSA) is 0 Å². The molecule has 0 aromatic heterocycles. The van der Waals surface area contributed by atoms with E-state index in [1.807, 2.05) is 0 Å². The van der Waals surface area contributed by atoms with Crippen molar-refractivity contribution in [1.29, 1.82) is 0 Å². The molecule has 0 saturated carbocycles. The smallest absolute Gasteiger partial charge is 0.218 e. The number of benzene rings is 2. The Hall–Kier alpha value is -2.12. The summed E-state index contributed by atoms with van der Waals surface area (Å²) in [6, 6.07) is 5.61. The highest BCUT2D eigenvalue weighted by molar-refractivity contribution is 5.73. The van der Waals surface area contributed by atoms with Crippen LogP contribution in [0.5, 0.6) is 0 Å². The first kappa shape index (κ1) is 19.2. The molecular formula is C17H12F8. The van der Waals surface area contributed by atoms with Crippen molar-refractivity contribution in [2.45, 2.75) is 31.9 Å². The number of rotatable bonds is 2. The van der Waals surface area contributed by atoms with Gasteiger partial charge in [-0.25, -0.2) is 8.78 Å². The average molecular weight is 368 g/mol. The summed E-state index contributed by atoms with van der Waals surface area (Å²) in [4.78, 5) is 0. The van der Waals surface area contributed by atoms with Crippen LogP contribution in [0.15, 0.2) is 36.4 Å². The molecule has 0 aliphatic heterocycles. The molecule has 0 atom stereocenters. The van der Waals surface area contributed by atoms with Gasteiger partial charge >= 0.3 is 18.0 Å². The quantitative estimate of drug-likeness (QED) is 0.538. The molecule has 136 valence electrons. The molecule has 0 aliphatic carbocycles. The Kier molecular flexibility index (Phi) is 4.61. The average Bonchev–Trinajstić information content (AvgIpc) is 2.44. The van der Waals surface area contributed by atoms with Gasteiger partial charge < -0.3 is 0 Å². The van der Waals surface area contributed by atoms with Crippen molar-refractivity contribution in [3.63, 3.8) is 0 Å². The molecule has 0 bridgehead atoms. The van der Waals surface area contributed by atoms with Gasteiger partial charge in [-0.05, 0) is 42.7 Å². The van der Waals surface area contributed by atoms with E-state index in [0.717, 1.165) is 24.3 Å². The molecule has 0 unspecified atom stereocenters. The Morgan fingerprint density at radius 3 is 1.64 bits per heavy atom. The maximum Gasteiger partial charge on any atom is 0.435 e. The van der Waals surface area contributed by atoms with Crippen molar-refractivity contribution < 1.29 is 35.1 Å². The first-order valence-electron chi connectivity index (χ1n) is 6.99. The van der Waals surface area contributed by atoms with E-state index >= 15 is 0 Å². The van der Waals surface area contributed by atoms with Gasteiger partial charge in [0.25, 0.3) is 0 Å². The van der Waals surface area contributed by atoms with Crippen molar-refractivity contribution in [2.24, 2.45) is 0 Å². The molecule has 0 spiro atoms. The Balaban J connectivity index is 2.91. The van der Waals surface area contributed by atoms with Gasteiger partial charge in [-0.3, -0.25) is 0 Å². The van der Waals surface area contributed by atoms with Crippen molar-refractivity contribution in [2.75, 3.05) is 0 Å². The fourth-order valence-electron chi connectivity index (χ4n) is 2.71. The van der Waals surface area contributed by atoms with Crippen molar-refractivity contribution in [3.05, 3.63) is 58.9 Å². The normalized spacial score (nSPS) is 13.2. The Morgan fingerprint density at radius 2 is 1.20 bits per heavy atom. The van der Waals surface area contributed by atoms with Crippen LogP contribution in [0.25, 0.3) is 11.1 Å². The van der Waals surface area contributed by atoms with Gasteiger partial charge in [0.05, 0.1) is 0 Å². The molecule has 2 rings (SSSR count). The second-order valence-electron chi connectivity index (χ2n) is 5.67. The molecule has 0 N–H and O–H groups in total. The van der Waals surface area contributed by atoms with Crippen LogP contribution in [0.3, 0.4) is 0 Å². The number of alkyl halides is 7. The molecule has 0 aliphatic rings. The van der Waals surface area contributed by atoms with Gasteiger partial charge in [-0.1, -0.05) is 29.8 Å². The van der Waals surface area contributed by atoms with E-state index in [0.29, 0.717) is 6.07 Å². The van der Waals surface area contributed by atoms with Crippen LogP contribution in [0.1, 0.15) is 16.7 Å². The van der Waals surface area contributed by atoms with Crippen molar-refractivity contribution in [3.8, 4) is 11.1 Å². The Bertz CT molecular complexity index is 755. The molecule has 0 radical (unpaired) electrons. The number of hydrogen-bond donors (Lipinski definition) is 0. The van der Waals surface area contributed by atoms with E-state index in [1.54, 1.807) is 0 Å². The van der Waals surface area contributed by atoms with Gasteiger partial charge in [0.1, 0.15) is 5.82 Å². The van der Waals surface area contributed by atoms with E-state index in [2.05, 4.69) is 0 Å². The predicted octanol–water partition coefficient (Wildman–Crippen LogP) is 6.40. The van der Waals surface area contributed by atoms with E-state index in [-0.39, 0.29) is 16.7 Å². The summed E-state index contributed by atoms with van der Waals surface area (Å²) < 4.78 is 107. The molecule has 0 amide bonds. The molecule has 0 heterocycles. The molecule has 2 aromatic carbocycles. The molecule has 0 saturated heterocycles. The minimum Gasteiger partial charge on any atom is -0.218 e. The molecular weight excluding hydrogens is 356 g/mol. The highest BCUT2D eigenvalue weighted by Gasteiger charge is 2.74. The number of hydrogen-bond acceptors (Lipinski definition) is 0. The second-order valence-corrected chi connectivity index (χ2v) is 5.67. The summed E-state index contributed by atoms with van der Waals surface area (Å²) in [5, 5.41) is 0. The first-order valence-corrected chi connectivity index (χ1v) is 6.99. The largest absolute Gasteiger partial charge is 0.435 e. The number of aryl methyl sites for hydroxylation is 2. The zero-order chi connectivity index (χ0) is 19.2. The van der Waals surface area contributed by atoms with Crippen LogP contribution < -0.4 is 0 Å². The monoisotopic (exact) mass is 368 g/mol. The van der Waals surface area contributed by atoms with Gasteiger partial charge in [0.2, 0.25) is 0 Å². The lowest BCUT2D eigenvalue weighted by Gasteiger charge is -2.32. The van der Waals surface area contributed by atoms with Gasteiger partial charge in [-0.15, -0.1) is 0 Å². The van der Waals surface area contributed by atoms with Crippen LogP contribution in [0, 0.1) is 19.7 Å². The number of halogens is 8. The van der Waals surface area contributed by atoms with Crippen LogP contribution in [0.2, 0.25) is 0 Å². The summed E-state index contributed by atoms with van der Waals surface area (Å²) in [5.41, 5.74) is -7.78. The fraction of sp³-hybridized carbons (Fsp3) is 0.294. The third-order valence-electron chi connectivity index (χ3n) is 3.77. The van der Waals surface area contributed by atoms with Gasteiger partial charge in [0, 0.05) is 5.56 Å². The van der Waals surface area contributed by atoms with E-state index in [4.69, 9.17) is 0 Å². The third kappa shape index (κ3) is 3.21. The van der Waals surface area contributed by atoms with Crippen LogP contribution in [0.4, 0.5) is 35.1 Å². The van der Waals surface area contributed by atoms with Gasteiger partial charge in [0.15, 0.2) is 0 Å². The summed E-state index contributed by atoms with van der Waals surface area (Å²) in [6.45, 7) is 2.53. The third-order valence-corrected chi connectivity index (χ3v) is 3.77. The maximum atomic E-state index is 14.6. The van der Waals surface area contributed by atoms with Crippen molar-refractivity contribution >= 4 is 0 Å². The zero-order valence-electron chi connectivity index (χ0n) is 13.0. The molecule has 25 heavy (non-hydrogen) atoms. The second kappa shape index (κ2) is 6.00. The highest BCUT2D eigenvalue weighted by atomic mass is 19.4. The van der Waals surface area contributed by atoms with Crippen LogP contribution in [-0.4, -0.2) is 12.4 Å². The molecule has 8 heteroatoms. The Labute approximate surface area is 138 Å². The SMILES string of the molecule is Cc1cc(C)c(-c2ccc(F)cc2)c(C(F)(C(F)(F)F)C(F)(F)F)c1. The fourth-order valence-corrected chi connectivity index (χ4v) is 2.71. The summed E-state index contributed by atoms with van der Waals surface area (Å²) >= 11 is 0. The van der Waals surface area contributed by atoms with E-state index in [1.165, 1.54) is 19.9 Å². The Morgan fingerprint density at radius 1 is 0.720 bits per heavy atom. The highest BCUT2D eigenvalue weighted by Crippen LogP contribution is 2.55. The summed E-state index contributed by atoms with van der Waals surface area (Å²) in [5.74, 6) is -0.729. The lowest BCUT2D eigenvalue weighted by Crippen LogP contribution is -2.50. The van der Waals surface area contributed by atoms with Crippen LogP contribution in [-0.2, 0) is 5.67 Å². The maximum absolute atomic E-state index is 14.6. The van der Waals surface area contributed by atoms with E-state index in [9.17, 15) is 35.1 Å². The zero-order valence-corrected chi connectivity index (χ0v) is 13.0. The lowest BCUT2D eigenvalue weighted by molar-refractivity contribution is -0.348. The summed E-state index contributed by atoms with van der Waals surface area (Å²) in [7, 11) is 0. The van der Waals surface area contributed by atoms with Crippen LogP contribution >= 0.6 is 0 Å². The lowest BCUT2D eigenvalue weighted by atomic mass is 9.83. The predicted molar refractivity (Wildman–Crippen MR) is 76.2 cm³/mol. The van der Waals surface area contributed by atoms with Gasteiger partial charge in [-0.2, -0.15) is 26.3 Å². The van der Waals surface area contributed by atoms with Crippen molar-refractivity contribution in [1.82, 2.24) is 0 Å². The molecule has 0 fully saturated rings. The summed E-state index contributed by atoms with van der Waals surface area (Å²) in [6.07, 6.45) is -12.4. The van der Waals surface area contributed by atoms with E-state index < -0.39 is 35.0 Å². The minimum atomic E-state index is -6.22. The minimum absolute atomic E-state index is 0.0112. The standard InChI is InChI=1S/C17H12F8/c1-9-7-10(2)14(11-3-5-12(18)6-4-11)13(8-9)15(19,16(20,21)22)17(23,24)25/h3-8H,1-2H3. The molecule has 0 nitrogen and oxygen atoms in total. The first-order chi connectivity index (χ1) is 11.3. The molecule has 2 aromatic rings.